The van der Waals surface area contributed by atoms with Crippen LogP contribution in [0.4, 0.5) is 0 Å². The highest BCUT2D eigenvalue weighted by Crippen LogP contribution is 2.14. The van der Waals surface area contributed by atoms with Gasteiger partial charge in [-0.05, 0) is 59.2 Å². The van der Waals surface area contributed by atoms with E-state index in [2.05, 4.69) is 58.3 Å². The molecule has 1 aromatic rings. The highest BCUT2D eigenvalue weighted by atomic mass is 15.3. The molecule has 2 rings (SSSR count). The molecule has 1 saturated heterocycles. The van der Waals surface area contributed by atoms with Gasteiger partial charge in [-0.3, -0.25) is 9.67 Å². The van der Waals surface area contributed by atoms with Gasteiger partial charge in [-0.15, -0.1) is 0 Å². The van der Waals surface area contributed by atoms with Crippen LogP contribution in [0, 0.1) is 13.8 Å². The van der Waals surface area contributed by atoms with Crippen LogP contribution >= 0.6 is 0 Å². The Labute approximate surface area is 165 Å². The summed E-state index contributed by atoms with van der Waals surface area (Å²) in [5.74, 6) is 0.890. The number of piperazine rings is 1. The lowest BCUT2D eigenvalue weighted by molar-refractivity contribution is 0.152. The summed E-state index contributed by atoms with van der Waals surface area (Å²) in [6.07, 6.45) is 3.36. The minimum atomic E-state index is 0.308. The topological polar surface area (TPSA) is 60.7 Å². The normalized spacial score (nSPS) is 17.9. The van der Waals surface area contributed by atoms with Crippen LogP contribution in [0.3, 0.4) is 0 Å². The van der Waals surface area contributed by atoms with Crippen molar-refractivity contribution in [1.82, 2.24) is 30.2 Å². The number of guanidine groups is 1. The van der Waals surface area contributed by atoms with Gasteiger partial charge in [0.25, 0.3) is 0 Å². The van der Waals surface area contributed by atoms with E-state index in [1.807, 2.05) is 18.8 Å². The smallest absolute Gasteiger partial charge is 0.191 e. The molecule has 0 spiro atoms. The van der Waals surface area contributed by atoms with Gasteiger partial charge < -0.3 is 20.4 Å². The van der Waals surface area contributed by atoms with Crippen molar-refractivity contribution in [2.75, 3.05) is 53.4 Å². The number of rotatable bonds is 8. The molecular weight excluding hydrogens is 338 g/mol. The zero-order valence-electron chi connectivity index (χ0n) is 18.2. The second-order valence-corrected chi connectivity index (χ2v) is 7.87. The highest BCUT2D eigenvalue weighted by Gasteiger charge is 2.14. The van der Waals surface area contributed by atoms with Gasteiger partial charge >= 0.3 is 0 Å². The largest absolute Gasteiger partial charge is 0.356 e. The summed E-state index contributed by atoms with van der Waals surface area (Å²) in [7, 11) is 6.05. The maximum atomic E-state index is 4.51. The number of aliphatic imine (C=N–C) groups is 1. The Balaban J connectivity index is 1.65. The van der Waals surface area contributed by atoms with E-state index < -0.39 is 0 Å². The first-order chi connectivity index (χ1) is 12.9. The molecule has 27 heavy (non-hydrogen) atoms. The SMILES string of the molecule is CN=C(NCCCCN1CCN(C)CC1)NC(C)Cc1c(C)nn(C)c1C. The Morgan fingerprint density at radius 3 is 2.44 bits per heavy atom. The molecule has 7 nitrogen and oxygen atoms in total. The summed E-state index contributed by atoms with van der Waals surface area (Å²) in [4.78, 5) is 9.36. The van der Waals surface area contributed by atoms with Gasteiger partial charge in [-0.1, -0.05) is 0 Å². The molecule has 2 heterocycles. The van der Waals surface area contributed by atoms with E-state index in [1.165, 1.54) is 56.8 Å². The predicted octanol–water partition coefficient (Wildman–Crippen LogP) is 1.16. The Morgan fingerprint density at radius 2 is 1.85 bits per heavy atom. The van der Waals surface area contributed by atoms with Gasteiger partial charge in [0, 0.05) is 58.6 Å². The van der Waals surface area contributed by atoms with Crippen LogP contribution < -0.4 is 10.6 Å². The van der Waals surface area contributed by atoms with Crippen molar-refractivity contribution in [2.45, 2.75) is 46.1 Å². The number of aromatic nitrogens is 2. The van der Waals surface area contributed by atoms with Crippen LogP contribution in [-0.2, 0) is 13.5 Å². The van der Waals surface area contributed by atoms with Crippen molar-refractivity contribution in [3.05, 3.63) is 17.0 Å². The quantitative estimate of drug-likeness (QED) is 0.404. The summed E-state index contributed by atoms with van der Waals surface area (Å²) in [6.45, 7) is 13.4. The van der Waals surface area contributed by atoms with Crippen LogP contribution in [0.25, 0.3) is 0 Å². The standard InChI is InChI=1S/C20H39N7/c1-16(15-19-17(2)24-26(6)18(19)3)23-20(21-4)22-9-7-8-10-27-13-11-25(5)12-14-27/h16H,7-15H2,1-6H3,(H2,21,22,23). The average molecular weight is 378 g/mol. The van der Waals surface area contributed by atoms with Crippen LogP contribution in [0.15, 0.2) is 4.99 Å². The number of nitrogens with zero attached hydrogens (tertiary/aromatic N) is 5. The first kappa shape index (κ1) is 21.7. The monoisotopic (exact) mass is 377 g/mol. The third-order valence-corrected chi connectivity index (χ3v) is 5.57. The van der Waals surface area contributed by atoms with Crippen molar-refractivity contribution in [3.8, 4) is 0 Å². The third kappa shape index (κ3) is 6.81. The first-order valence-electron chi connectivity index (χ1n) is 10.3. The second-order valence-electron chi connectivity index (χ2n) is 7.87. The maximum absolute atomic E-state index is 4.51. The van der Waals surface area contributed by atoms with Gasteiger partial charge in [0.2, 0.25) is 0 Å². The van der Waals surface area contributed by atoms with Crippen molar-refractivity contribution >= 4 is 5.96 Å². The summed E-state index contributed by atoms with van der Waals surface area (Å²) in [5.41, 5.74) is 3.70. The predicted molar refractivity (Wildman–Crippen MR) is 114 cm³/mol. The van der Waals surface area contributed by atoms with Crippen molar-refractivity contribution in [3.63, 3.8) is 0 Å². The number of hydrogen-bond donors (Lipinski definition) is 2. The highest BCUT2D eigenvalue weighted by molar-refractivity contribution is 5.79. The summed E-state index contributed by atoms with van der Waals surface area (Å²) in [5, 5.41) is 11.5. The molecule has 1 aliphatic heterocycles. The van der Waals surface area contributed by atoms with E-state index in [0.29, 0.717) is 6.04 Å². The molecule has 0 aliphatic carbocycles. The van der Waals surface area contributed by atoms with Crippen molar-refractivity contribution in [2.24, 2.45) is 12.0 Å². The molecule has 0 aromatic carbocycles. The first-order valence-corrected chi connectivity index (χ1v) is 10.3. The molecule has 1 atom stereocenters. The molecule has 0 amide bonds. The Morgan fingerprint density at radius 1 is 1.15 bits per heavy atom. The number of unbranched alkanes of at least 4 members (excludes halogenated alkanes) is 1. The molecule has 1 fully saturated rings. The lowest BCUT2D eigenvalue weighted by Crippen LogP contribution is -2.45. The molecule has 1 unspecified atom stereocenters. The molecule has 2 N–H and O–H groups in total. The molecule has 1 aromatic heterocycles. The molecular formula is C20H39N7. The summed E-state index contributed by atoms with van der Waals surface area (Å²) in [6, 6.07) is 0.308. The van der Waals surface area contributed by atoms with Crippen LogP contribution in [0.5, 0.6) is 0 Å². The fraction of sp³-hybridized carbons (Fsp3) is 0.800. The number of nitrogens with one attached hydrogen (secondary N) is 2. The number of aryl methyl sites for hydroxylation is 2. The average Bonchev–Trinajstić information content (AvgIpc) is 2.88. The summed E-state index contributed by atoms with van der Waals surface area (Å²) >= 11 is 0. The summed E-state index contributed by atoms with van der Waals surface area (Å²) < 4.78 is 1.96. The fourth-order valence-electron chi connectivity index (χ4n) is 3.64. The molecule has 1 aliphatic rings. The molecule has 7 heteroatoms. The molecule has 0 bridgehead atoms. The van der Waals surface area contributed by atoms with Gasteiger partial charge in [-0.2, -0.15) is 5.10 Å². The van der Waals surface area contributed by atoms with Crippen LogP contribution in [0.1, 0.15) is 36.7 Å². The molecule has 0 radical (unpaired) electrons. The van der Waals surface area contributed by atoms with Crippen molar-refractivity contribution < 1.29 is 0 Å². The minimum Gasteiger partial charge on any atom is -0.356 e. The van der Waals surface area contributed by atoms with Gasteiger partial charge in [0.05, 0.1) is 5.69 Å². The van der Waals surface area contributed by atoms with Crippen molar-refractivity contribution in [1.29, 1.82) is 0 Å². The van der Waals surface area contributed by atoms with E-state index in [9.17, 15) is 0 Å². The van der Waals surface area contributed by atoms with Gasteiger partial charge in [0.1, 0.15) is 0 Å². The lowest BCUT2D eigenvalue weighted by atomic mass is 10.1. The van der Waals surface area contributed by atoms with Gasteiger partial charge in [-0.25, -0.2) is 0 Å². The molecule has 0 saturated carbocycles. The van der Waals surface area contributed by atoms with E-state index in [0.717, 1.165) is 24.6 Å². The number of likely N-dealkylation sites (N-methyl/N-ethyl adjacent to an activating group) is 1. The fourth-order valence-corrected chi connectivity index (χ4v) is 3.64. The van der Waals surface area contributed by atoms with E-state index in [-0.39, 0.29) is 0 Å². The van der Waals surface area contributed by atoms with Gasteiger partial charge in [0.15, 0.2) is 5.96 Å². The van der Waals surface area contributed by atoms with E-state index in [1.54, 1.807) is 0 Å². The number of hydrogen-bond acceptors (Lipinski definition) is 4. The Bertz CT molecular complexity index is 600. The zero-order chi connectivity index (χ0) is 19.8. The van der Waals surface area contributed by atoms with Crippen LogP contribution in [-0.4, -0.2) is 84.9 Å². The molecule has 154 valence electrons. The zero-order valence-corrected chi connectivity index (χ0v) is 18.2. The third-order valence-electron chi connectivity index (χ3n) is 5.57. The van der Waals surface area contributed by atoms with E-state index in [4.69, 9.17) is 0 Å². The maximum Gasteiger partial charge on any atom is 0.191 e. The Kier molecular flexibility index (Phi) is 8.57. The lowest BCUT2D eigenvalue weighted by Gasteiger charge is -2.32. The second kappa shape index (κ2) is 10.7. The Hall–Kier alpha value is -1.60. The minimum absolute atomic E-state index is 0.308. The van der Waals surface area contributed by atoms with Crippen LogP contribution in [0.2, 0.25) is 0 Å². The van der Waals surface area contributed by atoms with E-state index >= 15 is 0 Å².